The first-order valence-corrected chi connectivity index (χ1v) is 5.60. The zero-order valence-corrected chi connectivity index (χ0v) is 11.2. The molecular formula is C11H13BrO4. The van der Waals surface area contributed by atoms with Gasteiger partial charge in [-0.05, 0) is 15.9 Å². The summed E-state index contributed by atoms with van der Waals surface area (Å²) in [5.74, 6) is 1.67. The summed E-state index contributed by atoms with van der Waals surface area (Å²) in [5, 5.41) is 0. The van der Waals surface area contributed by atoms with Gasteiger partial charge < -0.3 is 18.9 Å². The molecule has 1 aromatic carbocycles. The molecule has 0 bridgehead atoms. The summed E-state index contributed by atoms with van der Waals surface area (Å²) >= 11 is 3.40. The molecule has 0 N–H and O–H groups in total. The van der Waals surface area contributed by atoms with E-state index in [9.17, 15) is 0 Å². The number of hydrogen-bond acceptors (Lipinski definition) is 4. The molecule has 0 aromatic heterocycles. The Bertz CT molecular complexity index is 428. The van der Waals surface area contributed by atoms with Gasteiger partial charge in [-0.3, -0.25) is 0 Å². The molecule has 0 fully saturated rings. The largest absolute Gasteiger partial charge is 0.493 e. The van der Waals surface area contributed by atoms with Crippen molar-refractivity contribution in [1.29, 1.82) is 0 Å². The predicted octanol–water partition coefficient (Wildman–Crippen LogP) is 2.97. The minimum Gasteiger partial charge on any atom is -0.493 e. The summed E-state index contributed by atoms with van der Waals surface area (Å²) in [6.45, 7) is 3.67. The van der Waals surface area contributed by atoms with Crippen molar-refractivity contribution in [2.75, 3.05) is 14.2 Å². The maximum atomic E-state index is 5.68. The Morgan fingerprint density at radius 3 is 2.31 bits per heavy atom. The van der Waals surface area contributed by atoms with Crippen molar-refractivity contribution in [2.24, 2.45) is 0 Å². The topological polar surface area (TPSA) is 36.9 Å². The van der Waals surface area contributed by atoms with Crippen LogP contribution in [-0.2, 0) is 0 Å². The SMILES string of the molecule is COc1cc(Br)c(OC)c2c1OC(C)(C)O2. The molecule has 0 saturated heterocycles. The van der Waals surface area contributed by atoms with Crippen molar-refractivity contribution in [3.8, 4) is 23.0 Å². The third-order valence-electron chi connectivity index (χ3n) is 2.23. The third-order valence-corrected chi connectivity index (χ3v) is 2.82. The fourth-order valence-corrected chi connectivity index (χ4v) is 2.16. The lowest BCUT2D eigenvalue weighted by Gasteiger charge is -2.16. The average Bonchev–Trinajstić information content (AvgIpc) is 2.52. The van der Waals surface area contributed by atoms with E-state index in [1.54, 1.807) is 20.3 Å². The van der Waals surface area contributed by atoms with E-state index in [0.29, 0.717) is 23.0 Å². The molecule has 0 aliphatic carbocycles. The first kappa shape index (κ1) is 11.4. The Labute approximate surface area is 103 Å². The molecule has 5 heteroatoms. The van der Waals surface area contributed by atoms with Crippen molar-refractivity contribution in [3.05, 3.63) is 10.5 Å². The van der Waals surface area contributed by atoms with Crippen molar-refractivity contribution in [3.63, 3.8) is 0 Å². The van der Waals surface area contributed by atoms with E-state index in [1.807, 2.05) is 13.8 Å². The molecule has 2 rings (SSSR count). The highest BCUT2D eigenvalue weighted by atomic mass is 79.9. The van der Waals surface area contributed by atoms with Crippen LogP contribution in [0.25, 0.3) is 0 Å². The summed E-state index contributed by atoms with van der Waals surface area (Å²) in [6, 6.07) is 1.79. The van der Waals surface area contributed by atoms with Crippen LogP contribution in [0.4, 0.5) is 0 Å². The fraction of sp³-hybridized carbons (Fsp3) is 0.455. The molecule has 16 heavy (non-hydrogen) atoms. The number of halogens is 1. The number of ether oxygens (including phenoxy) is 4. The second-order valence-electron chi connectivity index (χ2n) is 3.86. The van der Waals surface area contributed by atoms with Crippen LogP contribution in [0.2, 0.25) is 0 Å². The van der Waals surface area contributed by atoms with Crippen molar-refractivity contribution < 1.29 is 18.9 Å². The number of hydrogen-bond donors (Lipinski definition) is 0. The maximum Gasteiger partial charge on any atom is 0.246 e. The first-order valence-electron chi connectivity index (χ1n) is 4.81. The van der Waals surface area contributed by atoms with Gasteiger partial charge >= 0.3 is 0 Å². The fourth-order valence-electron chi connectivity index (χ4n) is 1.61. The maximum absolute atomic E-state index is 5.68. The van der Waals surface area contributed by atoms with Gasteiger partial charge in [0.1, 0.15) is 0 Å². The van der Waals surface area contributed by atoms with Gasteiger partial charge in [0.25, 0.3) is 0 Å². The monoisotopic (exact) mass is 288 g/mol. The highest BCUT2D eigenvalue weighted by molar-refractivity contribution is 9.10. The lowest BCUT2D eigenvalue weighted by Crippen LogP contribution is -2.29. The second kappa shape index (κ2) is 3.73. The standard InChI is InChI=1S/C11H13BrO4/c1-11(2)15-9-7(13-3)5-6(12)8(14-4)10(9)16-11/h5H,1-4H3. The smallest absolute Gasteiger partial charge is 0.246 e. The molecule has 1 aliphatic heterocycles. The van der Waals surface area contributed by atoms with E-state index in [0.717, 1.165) is 4.47 Å². The van der Waals surface area contributed by atoms with Crippen LogP contribution >= 0.6 is 15.9 Å². The Kier molecular flexibility index (Phi) is 2.66. The van der Waals surface area contributed by atoms with Crippen molar-refractivity contribution >= 4 is 15.9 Å². The van der Waals surface area contributed by atoms with E-state index >= 15 is 0 Å². The summed E-state index contributed by atoms with van der Waals surface area (Å²) in [5.41, 5.74) is 0. The number of methoxy groups -OCH3 is 2. The molecule has 0 saturated carbocycles. The van der Waals surface area contributed by atoms with E-state index in [-0.39, 0.29) is 0 Å². The van der Waals surface area contributed by atoms with Crippen LogP contribution in [-0.4, -0.2) is 20.0 Å². The molecule has 0 spiro atoms. The molecule has 88 valence electrons. The highest BCUT2D eigenvalue weighted by Crippen LogP contribution is 2.54. The minimum absolute atomic E-state index is 0.568. The van der Waals surface area contributed by atoms with Crippen molar-refractivity contribution in [1.82, 2.24) is 0 Å². The number of fused-ring (bicyclic) bond motifs is 1. The molecule has 1 aliphatic rings. The molecule has 1 heterocycles. The van der Waals surface area contributed by atoms with E-state index in [1.165, 1.54) is 0 Å². The summed E-state index contributed by atoms with van der Waals surface area (Å²) in [4.78, 5) is 0. The molecule has 1 aromatic rings. The first-order chi connectivity index (χ1) is 7.48. The van der Waals surface area contributed by atoms with Crippen molar-refractivity contribution in [2.45, 2.75) is 19.6 Å². The van der Waals surface area contributed by atoms with Gasteiger partial charge in [0.15, 0.2) is 11.5 Å². The van der Waals surface area contributed by atoms with Gasteiger partial charge in [-0.15, -0.1) is 0 Å². The summed E-state index contributed by atoms with van der Waals surface area (Å²) < 4.78 is 22.6. The van der Waals surface area contributed by atoms with Gasteiger partial charge in [0.2, 0.25) is 17.3 Å². The molecule has 0 radical (unpaired) electrons. The highest BCUT2D eigenvalue weighted by Gasteiger charge is 2.37. The summed E-state index contributed by atoms with van der Waals surface area (Å²) in [6.07, 6.45) is 0. The molecule has 4 nitrogen and oxygen atoms in total. The van der Waals surface area contributed by atoms with Crippen LogP contribution in [0.1, 0.15) is 13.8 Å². The van der Waals surface area contributed by atoms with Gasteiger partial charge in [-0.2, -0.15) is 0 Å². The number of rotatable bonds is 2. The van der Waals surface area contributed by atoms with Gasteiger partial charge in [-0.25, -0.2) is 0 Å². The zero-order chi connectivity index (χ0) is 11.9. The summed E-state index contributed by atoms with van der Waals surface area (Å²) in [7, 11) is 3.17. The van der Waals surface area contributed by atoms with E-state index in [4.69, 9.17) is 18.9 Å². The Balaban J connectivity index is 2.61. The van der Waals surface area contributed by atoms with E-state index in [2.05, 4.69) is 15.9 Å². The van der Waals surface area contributed by atoms with Crippen LogP contribution < -0.4 is 18.9 Å². The normalized spacial score (nSPS) is 16.1. The molecule has 0 amide bonds. The quantitative estimate of drug-likeness (QED) is 0.838. The van der Waals surface area contributed by atoms with Gasteiger partial charge in [0, 0.05) is 19.9 Å². The van der Waals surface area contributed by atoms with Crippen LogP contribution in [0.15, 0.2) is 10.5 Å². The average molecular weight is 289 g/mol. The Morgan fingerprint density at radius 1 is 1.12 bits per heavy atom. The van der Waals surface area contributed by atoms with Crippen LogP contribution in [0, 0.1) is 0 Å². The van der Waals surface area contributed by atoms with Gasteiger partial charge in [-0.1, -0.05) is 0 Å². The Morgan fingerprint density at radius 2 is 1.75 bits per heavy atom. The molecule has 0 atom stereocenters. The molecule has 0 unspecified atom stereocenters. The molecular weight excluding hydrogens is 276 g/mol. The third kappa shape index (κ3) is 1.69. The lowest BCUT2D eigenvalue weighted by molar-refractivity contribution is -0.0447. The predicted molar refractivity (Wildman–Crippen MR) is 62.6 cm³/mol. The van der Waals surface area contributed by atoms with E-state index < -0.39 is 5.79 Å². The number of benzene rings is 1. The van der Waals surface area contributed by atoms with Crippen LogP contribution in [0.5, 0.6) is 23.0 Å². The van der Waals surface area contributed by atoms with Gasteiger partial charge in [0.05, 0.1) is 18.7 Å². The lowest BCUT2D eigenvalue weighted by atomic mass is 10.2. The Hall–Kier alpha value is -1.10. The van der Waals surface area contributed by atoms with Crippen LogP contribution in [0.3, 0.4) is 0 Å². The second-order valence-corrected chi connectivity index (χ2v) is 4.71. The zero-order valence-electron chi connectivity index (χ0n) is 9.59. The minimum atomic E-state index is -0.705.